The molecule has 1 aromatic carbocycles. The molecule has 0 aromatic heterocycles. The lowest BCUT2D eigenvalue weighted by Crippen LogP contribution is -2.23. The molecule has 0 heterocycles. The topological polar surface area (TPSA) is 12.0 Å². The number of benzene rings is 1. The Morgan fingerprint density at radius 3 is 2.58 bits per heavy atom. The second kappa shape index (κ2) is 8.60. The van der Waals surface area contributed by atoms with Crippen molar-refractivity contribution in [1.82, 2.24) is 5.32 Å². The molecular formula is C17H28ClN. The standard InChI is InChI=1S/C17H28ClN/c1-5-11-19-17(8-6-7-13(2)3)16-12-15(18)10-9-14(16)4/h9-10,12-13,17,19H,5-8,11H2,1-4H3. The third-order valence-electron chi connectivity index (χ3n) is 3.53. The number of rotatable bonds is 8. The second-order valence-electron chi connectivity index (χ2n) is 5.83. The van der Waals surface area contributed by atoms with E-state index in [9.17, 15) is 0 Å². The second-order valence-corrected chi connectivity index (χ2v) is 6.27. The van der Waals surface area contributed by atoms with E-state index in [1.807, 2.05) is 6.07 Å². The van der Waals surface area contributed by atoms with Crippen molar-refractivity contribution >= 4 is 11.6 Å². The molecule has 108 valence electrons. The van der Waals surface area contributed by atoms with E-state index in [1.165, 1.54) is 36.8 Å². The summed E-state index contributed by atoms with van der Waals surface area (Å²) in [5.74, 6) is 0.785. The van der Waals surface area contributed by atoms with Gasteiger partial charge < -0.3 is 5.32 Å². The lowest BCUT2D eigenvalue weighted by molar-refractivity contribution is 0.446. The Morgan fingerprint density at radius 1 is 1.21 bits per heavy atom. The van der Waals surface area contributed by atoms with E-state index >= 15 is 0 Å². The van der Waals surface area contributed by atoms with Gasteiger partial charge in [0.05, 0.1) is 0 Å². The van der Waals surface area contributed by atoms with E-state index < -0.39 is 0 Å². The van der Waals surface area contributed by atoms with Gasteiger partial charge in [-0.2, -0.15) is 0 Å². The fourth-order valence-corrected chi connectivity index (χ4v) is 2.58. The highest BCUT2D eigenvalue weighted by atomic mass is 35.5. The predicted octanol–water partition coefficient (Wildman–Crippen LogP) is 5.52. The number of aryl methyl sites for hydroxylation is 1. The van der Waals surface area contributed by atoms with Crippen LogP contribution in [0.4, 0.5) is 0 Å². The van der Waals surface area contributed by atoms with E-state index in [0.717, 1.165) is 17.5 Å². The smallest absolute Gasteiger partial charge is 0.0409 e. The molecule has 19 heavy (non-hydrogen) atoms. The summed E-state index contributed by atoms with van der Waals surface area (Å²) in [7, 11) is 0. The van der Waals surface area contributed by atoms with Crippen LogP contribution in [0.15, 0.2) is 18.2 Å². The van der Waals surface area contributed by atoms with Crippen LogP contribution in [0.1, 0.15) is 63.6 Å². The molecule has 0 saturated heterocycles. The molecule has 1 rings (SSSR count). The van der Waals surface area contributed by atoms with Crippen LogP contribution in [0.5, 0.6) is 0 Å². The number of nitrogens with one attached hydrogen (secondary N) is 1. The first kappa shape index (κ1) is 16.5. The summed E-state index contributed by atoms with van der Waals surface area (Å²) < 4.78 is 0. The third-order valence-corrected chi connectivity index (χ3v) is 3.77. The SMILES string of the molecule is CCCNC(CCCC(C)C)c1cc(Cl)ccc1C. The molecule has 0 saturated carbocycles. The highest BCUT2D eigenvalue weighted by molar-refractivity contribution is 6.30. The molecule has 0 amide bonds. The van der Waals surface area contributed by atoms with E-state index in [0.29, 0.717) is 6.04 Å². The number of hydrogen-bond donors (Lipinski definition) is 1. The molecule has 2 heteroatoms. The van der Waals surface area contributed by atoms with Gasteiger partial charge in [-0.05, 0) is 55.5 Å². The molecule has 1 N–H and O–H groups in total. The Kier molecular flexibility index (Phi) is 7.48. The molecule has 0 aliphatic carbocycles. The van der Waals surface area contributed by atoms with Crippen LogP contribution in [0.25, 0.3) is 0 Å². The largest absolute Gasteiger partial charge is 0.310 e. The first-order valence-electron chi connectivity index (χ1n) is 7.54. The zero-order valence-corrected chi connectivity index (χ0v) is 13.6. The van der Waals surface area contributed by atoms with E-state index in [2.05, 4.69) is 45.1 Å². The van der Waals surface area contributed by atoms with Gasteiger partial charge in [0.25, 0.3) is 0 Å². The Morgan fingerprint density at radius 2 is 1.95 bits per heavy atom. The lowest BCUT2D eigenvalue weighted by atomic mass is 9.95. The molecule has 0 aliphatic heterocycles. The van der Waals surface area contributed by atoms with Crippen molar-refractivity contribution in [2.45, 2.75) is 59.4 Å². The quantitative estimate of drug-likeness (QED) is 0.662. The van der Waals surface area contributed by atoms with Crippen molar-refractivity contribution in [1.29, 1.82) is 0 Å². The summed E-state index contributed by atoms with van der Waals surface area (Å²) in [5, 5.41) is 4.51. The maximum Gasteiger partial charge on any atom is 0.0409 e. The molecule has 1 atom stereocenters. The van der Waals surface area contributed by atoms with Gasteiger partial charge in [0.2, 0.25) is 0 Å². The minimum absolute atomic E-state index is 0.442. The fraction of sp³-hybridized carbons (Fsp3) is 0.647. The van der Waals surface area contributed by atoms with E-state index in [4.69, 9.17) is 11.6 Å². The van der Waals surface area contributed by atoms with Gasteiger partial charge in [0.1, 0.15) is 0 Å². The maximum atomic E-state index is 6.15. The van der Waals surface area contributed by atoms with E-state index in [1.54, 1.807) is 0 Å². The molecule has 1 nitrogen and oxygen atoms in total. The first-order valence-corrected chi connectivity index (χ1v) is 7.91. The van der Waals surface area contributed by atoms with Crippen LogP contribution in [-0.4, -0.2) is 6.54 Å². The van der Waals surface area contributed by atoms with Gasteiger partial charge in [-0.1, -0.05) is 51.3 Å². The van der Waals surface area contributed by atoms with Crippen molar-refractivity contribution in [3.63, 3.8) is 0 Å². The number of hydrogen-bond acceptors (Lipinski definition) is 1. The monoisotopic (exact) mass is 281 g/mol. The van der Waals surface area contributed by atoms with Gasteiger partial charge in [-0.25, -0.2) is 0 Å². The molecule has 1 aromatic rings. The minimum atomic E-state index is 0.442. The van der Waals surface area contributed by atoms with Crippen molar-refractivity contribution in [3.05, 3.63) is 34.3 Å². The average Bonchev–Trinajstić information content (AvgIpc) is 2.36. The summed E-state index contributed by atoms with van der Waals surface area (Å²) in [5.41, 5.74) is 2.70. The summed E-state index contributed by atoms with van der Waals surface area (Å²) in [6.07, 6.45) is 4.93. The Hall–Kier alpha value is -0.530. The van der Waals surface area contributed by atoms with E-state index in [-0.39, 0.29) is 0 Å². The van der Waals surface area contributed by atoms with Crippen LogP contribution in [0, 0.1) is 12.8 Å². The van der Waals surface area contributed by atoms with Gasteiger partial charge in [0, 0.05) is 11.1 Å². The molecule has 0 fully saturated rings. The fourth-order valence-electron chi connectivity index (χ4n) is 2.40. The lowest BCUT2D eigenvalue weighted by Gasteiger charge is -2.21. The summed E-state index contributed by atoms with van der Waals surface area (Å²) in [4.78, 5) is 0. The molecule has 0 spiro atoms. The van der Waals surface area contributed by atoms with Crippen LogP contribution in [-0.2, 0) is 0 Å². The maximum absolute atomic E-state index is 6.15. The van der Waals surface area contributed by atoms with Gasteiger partial charge >= 0.3 is 0 Å². The van der Waals surface area contributed by atoms with Gasteiger partial charge in [0.15, 0.2) is 0 Å². The molecule has 1 unspecified atom stereocenters. The van der Waals surface area contributed by atoms with Crippen molar-refractivity contribution in [2.24, 2.45) is 5.92 Å². The molecule has 0 radical (unpaired) electrons. The van der Waals surface area contributed by atoms with Crippen LogP contribution in [0.3, 0.4) is 0 Å². The predicted molar refractivity (Wildman–Crippen MR) is 85.9 cm³/mol. The molecule has 0 bridgehead atoms. The van der Waals surface area contributed by atoms with Crippen molar-refractivity contribution in [3.8, 4) is 0 Å². The van der Waals surface area contributed by atoms with Crippen molar-refractivity contribution in [2.75, 3.05) is 6.54 Å². The zero-order chi connectivity index (χ0) is 14.3. The third kappa shape index (κ3) is 5.97. The van der Waals surface area contributed by atoms with Gasteiger partial charge in [-0.3, -0.25) is 0 Å². The van der Waals surface area contributed by atoms with Crippen LogP contribution >= 0.6 is 11.6 Å². The molecular weight excluding hydrogens is 254 g/mol. The van der Waals surface area contributed by atoms with Crippen molar-refractivity contribution < 1.29 is 0 Å². The Bertz CT molecular complexity index is 374. The summed E-state index contributed by atoms with van der Waals surface area (Å²) >= 11 is 6.15. The normalized spacial score (nSPS) is 12.9. The molecule has 0 aliphatic rings. The zero-order valence-electron chi connectivity index (χ0n) is 12.8. The highest BCUT2D eigenvalue weighted by Crippen LogP contribution is 2.26. The van der Waals surface area contributed by atoms with Crippen LogP contribution < -0.4 is 5.32 Å². The average molecular weight is 282 g/mol. The van der Waals surface area contributed by atoms with Crippen LogP contribution in [0.2, 0.25) is 5.02 Å². The number of halogens is 1. The Labute approximate surface area is 123 Å². The van der Waals surface area contributed by atoms with Gasteiger partial charge in [-0.15, -0.1) is 0 Å². The minimum Gasteiger partial charge on any atom is -0.310 e. The highest BCUT2D eigenvalue weighted by Gasteiger charge is 2.13. The first-order chi connectivity index (χ1) is 9.04. The Balaban J connectivity index is 2.73. The summed E-state index contributed by atoms with van der Waals surface area (Å²) in [6, 6.07) is 6.67. The summed E-state index contributed by atoms with van der Waals surface area (Å²) in [6.45, 7) is 10.0.